The number of amides is 3. The summed E-state index contributed by atoms with van der Waals surface area (Å²) in [6, 6.07) is 6.16. The highest BCUT2D eigenvalue weighted by Crippen LogP contribution is 2.29. The molecule has 2 aromatic rings. The molecule has 38 heavy (non-hydrogen) atoms. The van der Waals surface area contributed by atoms with Crippen molar-refractivity contribution in [3.8, 4) is 5.75 Å². The SMILES string of the molecule is CN(CC(=O)NC(CCCCN)C(=O)O)C(=O)Oc1ccc(Cl)cc1C(=O)Nc1ccc([N+](=O)[O-])cc1Cl. The minimum atomic E-state index is -1.22. The lowest BCUT2D eigenvalue weighted by Gasteiger charge is -2.20. The number of nitrogens with zero attached hydrogens (tertiary/aromatic N) is 2. The van der Waals surface area contributed by atoms with Crippen LogP contribution in [-0.2, 0) is 9.59 Å². The Bertz CT molecular complexity index is 1230. The first-order chi connectivity index (χ1) is 17.9. The minimum Gasteiger partial charge on any atom is -0.480 e. The van der Waals surface area contributed by atoms with Crippen LogP contribution in [-0.4, -0.2) is 65.0 Å². The second kappa shape index (κ2) is 14.1. The monoisotopic (exact) mass is 569 g/mol. The fourth-order valence-electron chi connectivity index (χ4n) is 3.12. The lowest BCUT2D eigenvalue weighted by Crippen LogP contribution is -2.46. The molecule has 0 saturated carbocycles. The Morgan fingerprint density at radius 3 is 2.47 bits per heavy atom. The molecule has 1 unspecified atom stereocenters. The number of anilines is 1. The molecule has 204 valence electrons. The van der Waals surface area contributed by atoms with Crippen molar-refractivity contribution in [3.63, 3.8) is 0 Å². The van der Waals surface area contributed by atoms with Gasteiger partial charge in [0.05, 0.1) is 21.2 Å². The van der Waals surface area contributed by atoms with Gasteiger partial charge in [-0.3, -0.25) is 19.7 Å². The molecule has 0 saturated heterocycles. The van der Waals surface area contributed by atoms with E-state index < -0.39 is 41.4 Å². The molecule has 0 bridgehead atoms. The summed E-state index contributed by atoms with van der Waals surface area (Å²) in [5, 5.41) is 25.0. The van der Waals surface area contributed by atoms with Crippen LogP contribution in [0.5, 0.6) is 5.75 Å². The van der Waals surface area contributed by atoms with E-state index in [-0.39, 0.29) is 39.2 Å². The van der Waals surface area contributed by atoms with Gasteiger partial charge in [-0.05, 0) is 50.1 Å². The highest BCUT2D eigenvalue weighted by atomic mass is 35.5. The van der Waals surface area contributed by atoms with Gasteiger partial charge in [0, 0.05) is 24.2 Å². The summed E-state index contributed by atoms with van der Waals surface area (Å²) in [7, 11) is 1.25. The van der Waals surface area contributed by atoms with Crippen molar-refractivity contribution in [2.24, 2.45) is 5.73 Å². The number of unbranched alkanes of at least 4 members (excludes halogenated alkanes) is 1. The van der Waals surface area contributed by atoms with E-state index in [1.54, 1.807) is 0 Å². The Morgan fingerprint density at radius 1 is 1.16 bits per heavy atom. The van der Waals surface area contributed by atoms with Gasteiger partial charge in [-0.1, -0.05) is 23.2 Å². The molecule has 13 nitrogen and oxygen atoms in total. The lowest BCUT2D eigenvalue weighted by molar-refractivity contribution is -0.384. The van der Waals surface area contributed by atoms with Gasteiger partial charge in [-0.15, -0.1) is 0 Å². The molecule has 2 aromatic carbocycles. The molecular weight excluding hydrogens is 545 g/mol. The van der Waals surface area contributed by atoms with Crippen LogP contribution in [0.2, 0.25) is 10.0 Å². The van der Waals surface area contributed by atoms with Crippen molar-refractivity contribution in [2.45, 2.75) is 25.3 Å². The van der Waals surface area contributed by atoms with E-state index in [0.717, 1.165) is 17.0 Å². The van der Waals surface area contributed by atoms with Gasteiger partial charge in [0.2, 0.25) is 5.91 Å². The van der Waals surface area contributed by atoms with E-state index in [1.165, 1.54) is 31.3 Å². The molecule has 2 rings (SSSR count). The van der Waals surface area contributed by atoms with Gasteiger partial charge < -0.3 is 31.1 Å². The molecule has 0 radical (unpaired) electrons. The standard InChI is InChI=1S/C23H25Cl2N5O8/c1-29(12-20(31)27-18(22(33)34)4-2-3-9-26)23(35)38-19-8-5-13(24)10-15(19)21(32)28-17-7-6-14(30(36)37)11-16(17)25/h5-8,10-11,18H,2-4,9,12,26H2,1H3,(H,27,31)(H,28,32)(H,33,34). The Morgan fingerprint density at radius 2 is 1.87 bits per heavy atom. The van der Waals surface area contributed by atoms with Crippen LogP contribution >= 0.6 is 23.2 Å². The van der Waals surface area contributed by atoms with Crippen LogP contribution in [0.1, 0.15) is 29.6 Å². The number of carbonyl (C=O) groups is 4. The van der Waals surface area contributed by atoms with E-state index in [1.807, 2.05) is 0 Å². The number of carboxylic acids is 1. The summed E-state index contributed by atoms with van der Waals surface area (Å²) < 4.78 is 5.27. The number of carbonyl (C=O) groups excluding carboxylic acids is 3. The largest absolute Gasteiger partial charge is 0.480 e. The van der Waals surface area contributed by atoms with Gasteiger partial charge in [0.1, 0.15) is 18.3 Å². The first-order valence-electron chi connectivity index (χ1n) is 11.1. The topological polar surface area (TPSA) is 194 Å². The molecule has 0 aliphatic carbocycles. The molecule has 15 heteroatoms. The smallest absolute Gasteiger partial charge is 0.415 e. The third-order valence-corrected chi connectivity index (χ3v) is 5.62. The van der Waals surface area contributed by atoms with Crippen molar-refractivity contribution in [1.29, 1.82) is 0 Å². The zero-order valence-electron chi connectivity index (χ0n) is 20.1. The molecule has 1 atom stereocenters. The van der Waals surface area contributed by atoms with Crippen molar-refractivity contribution in [2.75, 3.05) is 25.5 Å². The van der Waals surface area contributed by atoms with Crippen molar-refractivity contribution >= 4 is 58.5 Å². The predicted octanol–water partition coefficient (Wildman–Crippen LogP) is 3.28. The number of halogens is 2. The van der Waals surface area contributed by atoms with E-state index in [2.05, 4.69) is 10.6 Å². The summed E-state index contributed by atoms with van der Waals surface area (Å²) in [5.41, 5.74) is 5.02. The highest BCUT2D eigenvalue weighted by Gasteiger charge is 2.24. The number of carboxylic acid groups (broad SMARTS) is 1. The fourth-order valence-corrected chi connectivity index (χ4v) is 3.51. The fraction of sp³-hybridized carbons (Fsp3) is 0.304. The van der Waals surface area contributed by atoms with Crippen molar-refractivity contribution in [3.05, 3.63) is 62.1 Å². The average molecular weight is 570 g/mol. The number of nitrogens with one attached hydrogen (secondary N) is 2. The van der Waals surface area contributed by atoms with Crippen LogP contribution in [0.15, 0.2) is 36.4 Å². The Balaban J connectivity index is 2.09. The second-order valence-corrected chi connectivity index (χ2v) is 8.83. The molecule has 0 heterocycles. The molecule has 3 amide bonds. The van der Waals surface area contributed by atoms with Gasteiger partial charge in [-0.25, -0.2) is 9.59 Å². The maximum Gasteiger partial charge on any atom is 0.415 e. The van der Waals surface area contributed by atoms with Crippen molar-refractivity contribution in [1.82, 2.24) is 10.2 Å². The molecular formula is C23H25Cl2N5O8. The highest BCUT2D eigenvalue weighted by molar-refractivity contribution is 6.34. The van der Waals surface area contributed by atoms with Gasteiger partial charge in [0.25, 0.3) is 11.6 Å². The van der Waals surface area contributed by atoms with E-state index >= 15 is 0 Å². The third-order valence-electron chi connectivity index (χ3n) is 5.07. The van der Waals surface area contributed by atoms with Crippen LogP contribution in [0, 0.1) is 10.1 Å². The summed E-state index contributed by atoms with van der Waals surface area (Å²) >= 11 is 12.0. The first kappa shape index (κ1) is 30.3. The third kappa shape index (κ3) is 8.87. The molecule has 0 aliphatic heterocycles. The zero-order valence-corrected chi connectivity index (χ0v) is 21.6. The minimum absolute atomic E-state index is 0.0627. The molecule has 5 N–H and O–H groups in total. The number of ether oxygens (including phenoxy) is 1. The zero-order chi connectivity index (χ0) is 28.4. The predicted molar refractivity (Wildman–Crippen MR) is 139 cm³/mol. The number of hydrogen-bond acceptors (Lipinski definition) is 8. The summed E-state index contributed by atoms with van der Waals surface area (Å²) in [6.45, 7) is -0.131. The van der Waals surface area contributed by atoms with Gasteiger partial charge >= 0.3 is 12.1 Å². The number of likely N-dealkylation sites (N-methyl/N-ethyl adjacent to an activating group) is 1. The summed E-state index contributed by atoms with van der Waals surface area (Å²) in [4.78, 5) is 60.3. The van der Waals surface area contributed by atoms with Crippen LogP contribution in [0.4, 0.5) is 16.2 Å². The second-order valence-electron chi connectivity index (χ2n) is 7.98. The average Bonchev–Trinajstić information content (AvgIpc) is 2.85. The Kier molecular flexibility index (Phi) is 11.3. The number of non-ortho nitro benzene ring substituents is 1. The van der Waals surface area contributed by atoms with E-state index in [4.69, 9.17) is 33.7 Å². The van der Waals surface area contributed by atoms with Crippen LogP contribution in [0.25, 0.3) is 0 Å². The maximum atomic E-state index is 12.9. The summed E-state index contributed by atoms with van der Waals surface area (Å²) in [5.74, 6) is -2.93. The summed E-state index contributed by atoms with van der Waals surface area (Å²) in [6.07, 6.45) is 0.256. The van der Waals surface area contributed by atoms with Gasteiger partial charge in [0.15, 0.2) is 0 Å². The number of benzene rings is 2. The van der Waals surface area contributed by atoms with Crippen molar-refractivity contribution < 1.29 is 33.9 Å². The number of nitro benzene ring substituents is 1. The Hall–Kier alpha value is -3.94. The normalized spacial score (nSPS) is 11.3. The molecule has 0 spiro atoms. The number of hydrogen-bond donors (Lipinski definition) is 4. The first-order valence-corrected chi connectivity index (χ1v) is 11.9. The number of nitro groups is 1. The van der Waals surface area contributed by atoms with Gasteiger partial charge in [-0.2, -0.15) is 0 Å². The molecule has 0 aromatic heterocycles. The quantitative estimate of drug-likeness (QED) is 0.168. The molecule has 0 aliphatic rings. The Labute approximate surface area is 227 Å². The lowest BCUT2D eigenvalue weighted by atomic mass is 10.1. The maximum absolute atomic E-state index is 12.9. The molecule has 0 fully saturated rings. The number of aliphatic carboxylic acids is 1. The van der Waals surface area contributed by atoms with Crippen LogP contribution in [0.3, 0.4) is 0 Å². The number of rotatable bonds is 12. The number of nitrogens with two attached hydrogens (primary N) is 1. The van der Waals surface area contributed by atoms with Crippen LogP contribution < -0.4 is 21.1 Å². The van der Waals surface area contributed by atoms with E-state index in [9.17, 15) is 34.4 Å². The van der Waals surface area contributed by atoms with E-state index in [0.29, 0.717) is 19.4 Å².